The summed E-state index contributed by atoms with van der Waals surface area (Å²) in [5.41, 5.74) is 0.409. The van der Waals surface area contributed by atoms with Crippen molar-refractivity contribution in [2.24, 2.45) is 5.92 Å². The van der Waals surface area contributed by atoms with Crippen molar-refractivity contribution in [1.29, 1.82) is 0 Å². The second kappa shape index (κ2) is 10.5. The molecule has 174 valence electrons. The zero-order chi connectivity index (χ0) is 23.3. The molecule has 2 aromatic heterocycles. The zero-order valence-corrected chi connectivity index (χ0v) is 20.5. The quantitative estimate of drug-likeness (QED) is 0.606. The molecule has 0 saturated carbocycles. The lowest BCUT2D eigenvalue weighted by Gasteiger charge is -2.34. The van der Waals surface area contributed by atoms with E-state index in [9.17, 15) is 9.59 Å². The summed E-state index contributed by atoms with van der Waals surface area (Å²) in [6.45, 7) is 6.89. The summed E-state index contributed by atoms with van der Waals surface area (Å²) in [5.74, 6) is 0.719. The lowest BCUT2D eigenvalue weighted by Crippen LogP contribution is -2.42. The van der Waals surface area contributed by atoms with Gasteiger partial charge in [-0.15, -0.1) is 11.3 Å². The molecular weight excluding hydrogens is 450 g/mol. The highest BCUT2D eigenvalue weighted by molar-refractivity contribution is 7.18. The van der Waals surface area contributed by atoms with Crippen molar-refractivity contribution in [3.05, 3.63) is 45.2 Å². The van der Waals surface area contributed by atoms with Crippen LogP contribution in [0.4, 0.5) is 4.79 Å². The lowest BCUT2D eigenvalue weighted by molar-refractivity contribution is 0.0178. The van der Waals surface area contributed by atoms with Gasteiger partial charge in [0.05, 0.1) is 22.4 Å². The van der Waals surface area contributed by atoms with E-state index in [0.717, 1.165) is 24.8 Å². The molecule has 0 spiro atoms. The number of pyridine rings is 1. The van der Waals surface area contributed by atoms with E-state index in [1.165, 1.54) is 11.3 Å². The van der Waals surface area contributed by atoms with Gasteiger partial charge >= 0.3 is 6.09 Å². The maximum Gasteiger partial charge on any atom is 0.410 e. The fourth-order valence-electron chi connectivity index (χ4n) is 3.67. The molecule has 1 atom stereocenters. The number of hydrogen-bond acceptors (Lipinski definition) is 6. The van der Waals surface area contributed by atoms with E-state index in [4.69, 9.17) is 21.1 Å². The highest BCUT2D eigenvalue weighted by Gasteiger charge is 2.29. The monoisotopic (exact) mass is 479 g/mol. The molecular formula is C23H30ClN3O4S. The molecule has 1 aliphatic rings. The number of aromatic nitrogens is 1. The number of nitrogens with zero attached hydrogens (tertiary/aromatic N) is 2. The van der Waals surface area contributed by atoms with Crippen LogP contribution < -0.4 is 10.1 Å². The van der Waals surface area contributed by atoms with E-state index in [1.54, 1.807) is 36.4 Å². The van der Waals surface area contributed by atoms with Crippen molar-refractivity contribution >= 4 is 34.9 Å². The second-order valence-electron chi connectivity index (χ2n) is 8.91. The van der Waals surface area contributed by atoms with Gasteiger partial charge in [0, 0.05) is 25.4 Å². The molecule has 0 bridgehead atoms. The first-order chi connectivity index (χ1) is 15.1. The van der Waals surface area contributed by atoms with Crippen LogP contribution in [0.15, 0.2) is 30.5 Å². The van der Waals surface area contributed by atoms with Crippen LogP contribution in [0.25, 0.3) is 0 Å². The van der Waals surface area contributed by atoms with Gasteiger partial charge in [-0.1, -0.05) is 17.7 Å². The number of carbonyl (C=O) groups excluding carboxylic acids is 2. The number of thiophene rings is 1. The normalized spacial score (nSPS) is 15.8. The van der Waals surface area contributed by atoms with Crippen molar-refractivity contribution in [2.45, 2.75) is 51.7 Å². The smallest absolute Gasteiger partial charge is 0.410 e. The van der Waals surface area contributed by atoms with E-state index in [0.29, 0.717) is 34.1 Å². The fraction of sp³-hybridized carbons (Fsp3) is 0.522. The summed E-state index contributed by atoms with van der Waals surface area (Å²) in [5, 5.41) is 3.14. The summed E-state index contributed by atoms with van der Waals surface area (Å²) in [7, 11) is 1.57. The maximum atomic E-state index is 12.8. The third-order valence-electron chi connectivity index (χ3n) is 5.31. The first-order valence-corrected chi connectivity index (χ1v) is 11.9. The van der Waals surface area contributed by atoms with E-state index in [1.807, 2.05) is 26.8 Å². The number of halogens is 1. The predicted molar refractivity (Wildman–Crippen MR) is 125 cm³/mol. The molecule has 32 heavy (non-hydrogen) atoms. The Morgan fingerprint density at radius 3 is 2.50 bits per heavy atom. The number of ether oxygens (including phenoxy) is 2. The van der Waals surface area contributed by atoms with Crippen LogP contribution in [0.3, 0.4) is 0 Å². The standard InChI is InChI=1S/C23H30ClN3O4S/c1-23(2,3)31-22(29)27-11-9-15(10-12-27)13-17(16-5-8-20(30-4)25-14-16)26-21(28)18-6-7-19(24)32-18/h5-8,14-15,17H,9-13H2,1-4H3,(H,26,28)/t17-/m0/s1. The predicted octanol–water partition coefficient (Wildman–Crippen LogP) is 5.31. The van der Waals surface area contributed by atoms with Gasteiger partial charge in [-0.3, -0.25) is 4.79 Å². The summed E-state index contributed by atoms with van der Waals surface area (Å²) in [6, 6.07) is 6.96. The Hall–Kier alpha value is -2.32. The summed E-state index contributed by atoms with van der Waals surface area (Å²) in [6.07, 6.45) is 3.91. The molecule has 2 amide bonds. The number of likely N-dealkylation sites (tertiary alicyclic amines) is 1. The Kier molecular flexibility index (Phi) is 8.00. The van der Waals surface area contributed by atoms with Crippen LogP contribution in [-0.2, 0) is 4.74 Å². The minimum absolute atomic E-state index is 0.158. The molecule has 0 radical (unpaired) electrons. The Bertz CT molecular complexity index is 918. The van der Waals surface area contributed by atoms with Crippen LogP contribution in [0.1, 0.15) is 61.3 Å². The molecule has 3 heterocycles. The fourth-order valence-corrected chi connectivity index (χ4v) is 4.62. The van der Waals surface area contributed by atoms with Crippen molar-refractivity contribution < 1.29 is 19.1 Å². The Balaban J connectivity index is 1.66. The van der Waals surface area contributed by atoms with Gasteiger partial charge in [-0.2, -0.15) is 0 Å². The summed E-state index contributed by atoms with van der Waals surface area (Å²) >= 11 is 7.25. The number of amides is 2. The van der Waals surface area contributed by atoms with Gasteiger partial charge in [0.2, 0.25) is 5.88 Å². The number of nitrogens with one attached hydrogen (secondary N) is 1. The van der Waals surface area contributed by atoms with Crippen LogP contribution in [0.2, 0.25) is 4.34 Å². The van der Waals surface area contributed by atoms with Gasteiger partial charge in [0.15, 0.2) is 0 Å². The number of carbonyl (C=O) groups is 2. The Morgan fingerprint density at radius 1 is 1.25 bits per heavy atom. The lowest BCUT2D eigenvalue weighted by atomic mass is 9.88. The van der Waals surface area contributed by atoms with E-state index < -0.39 is 5.60 Å². The highest BCUT2D eigenvalue weighted by Crippen LogP contribution is 2.30. The Morgan fingerprint density at radius 2 is 1.97 bits per heavy atom. The maximum absolute atomic E-state index is 12.8. The van der Waals surface area contributed by atoms with Gasteiger partial charge in [-0.05, 0) is 63.6 Å². The topological polar surface area (TPSA) is 80.8 Å². The molecule has 7 nitrogen and oxygen atoms in total. The largest absolute Gasteiger partial charge is 0.481 e. The Labute approximate surface area is 198 Å². The summed E-state index contributed by atoms with van der Waals surface area (Å²) in [4.78, 5) is 31.8. The second-order valence-corrected chi connectivity index (χ2v) is 10.6. The minimum Gasteiger partial charge on any atom is -0.481 e. The average Bonchev–Trinajstić information content (AvgIpc) is 3.19. The molecule has 2 aromatic rings. The molecule has 0 unspecified atom stereocenters. The molecule has 1 aliphatic heterocycles. The van der Waals surface area contributed by atoms with Gasteiger partial charge < -0.3 is 19.7 Å². The van der Waals surface area contributed by atoms with Crippen molar-refractivity contribution in [1.82, 2.24) is 15.2 Å². The van der Waals surface area contributed by atoms with Gasteiger partial charge in [-0.25, -0.2) is 9.78 Å². The molecule has 9 heteroatoms. The van der Waals surface area contributed by atoms with Crippen LogP contribution in [0, 0.1) is 5.92 Å². The van der Waals surface area contributed by atoms with Crippen LogP contribution in [-0.4, -0.2) is 47.7 Å². The number of piperidine rings is 1. The van der Waals surface area contributed by atoms with E-state index in [2.05, 4.69) is 10.3 Å². The van der Waals surface area contributed by atoms with E-state index in [-0.39, 0.29) is 18.0 Å². The zero-order valence-electron chi connectivity index (χ0n) is 18.9. The molecule has 1 fully saturated rings. The minimum atomic E-state index is -0.505. The van der Waals surface area contributed by atoms with Crippen LogP contribution >= 0.6 is 22.9 Å². The first-order valence-electron chi connectivity index (χ1n) is 10.7. The highest BCUT2D eigenvalue weighted by atomic mass is 35.5. The SMILES string of the molecule is COc1ccc([C@H](CC2CCN(C(=O)OC(C)(C)C)CC2)NC(=O)c2ccc(Cl)s2)cn1. The first kappa shape index (κ1) is 24.3. The number of rotatable bonds is 6. The van der Waals surface area contributed by atoms with Gasteiger partial charge in [0.1, 0.15) is 5.60 Å². The van der Waals surface area contributed by atoms with Gasteiger partial charge in [0.25, 0.3) is 5.91 Å². The van der Waals surface area contributed by atoms with Crippen LogP contribution in [0.5, 0.6) is 5.88 Å². The van der Waals surface area contributed by atoms with Crippen molar-refractivity contribution in [3.8, 4) is 5.88 Å². The molecule has 0 aliphatic carbocycles. The average molecular weight is 480 g/mol. The molecule has 1 saturated heterocycles. The molecule has 0 aromatic carbocycles. The summed E-state index contributed by atoms with van der Waals surface area (Å²) < 4.78 is 11.2. The number of hydrogen-bond donors (Lipinski definition) is 1. The van der Waals surface area contributed by atoms with E-state index >= 15 is 0 Å². The number of methoxy groups -OCH3 is 1. The van der Waals surface area contributed by atoms with Crippen molar-refractivity contribution in [3.63, 3.8) is 0 Å². The molecule has 3 rings (SSSR count). The third kappa shape index (κ3) is 6.84. The third-order valence-corrected chi connectivity index (χ3v) is 6.54. The molecule has 1 N–H and O–H groups in total. The van der Waals surface area contributed by atoms with Crippen molar-refractivity contribution in [2.75, 3.05) is 20.2 Å².